The van der Waals surface area contributed by atoms with Crippen LogP contribution >= 0.6 is 0 Å². The Hall–Kier alpha value is -2.87. The molecule has 4 rings (SSSR count). The smallest absolute Gasteiger partial charge is 0.238 e. The van der Waals surface area contributed by atoms with Crippen molar-refractivity contribution in [3.8, 4) is 0 Å². The van der Waals surface area contributed by atoms with Crippen LogP contribution in [0.2, 0.25) is 0 Å². The lowest BCUT2D eigenvalue weighted by molar-refractivity contribution is -0.131. The maximum absolute atomic E-state index is 13.8. The van der Waals surface area contributed by atoms with Crippen LogP contribution in [0.5, 0.6) is 0 Å². The van der Waals surface area contributed by atoms with Crippen LogP contribution in [0.4, 0.5) is 0 Å². The fourth-order valence-electron chi connectivity index (χ4n) is 4.37. The van der Waals surface area contributed by atoms with Gasteiger partial charge >= 0.3 is 0 Å². The second kappa shape index (κ2) is 6.80. The average Bonchev–Trinajstić information content (AvgIpc) is 3.03. The van der Waals surface area contributed by atoms with Gasteiger partial charge < -0.3 is 4.90 Å². The summed E-state index contributed by atoms with van der Waals surface area (Å²) in [4.78, 5) is 15.8. The van der Waals surface area contributed by atoms with Gasteiger partial charge in [-0.1, -0.05) is 91.0 Å². The van der Waals surface area contributed by atoms with Crippen molar-refractivity contribution in [1.82, 2.24) is 4.90 Å². The molecule has 3 aromatic carbocycles. The molecular formula is C24H23NO. The van der Waals surface area contributed by atoms with Crippen LogP contribution in [0.25, 0.3) is 0 Å². The predicted molar refractivity (Wildman–Crippen MR) is 105 cm³/mol. The van der Waals surface area contributed by atoms with Gasteiger partial charge in [-0.25, -0.2) is 0 Å². The first-order valence-corrected chi connectivity index (χ1v) is 9.23. The first-order valence-electron chi connectivity index (χ1n) is 9.23. The molecule has 3 aromatic rings. The van der Waals surface area contributed by atoms with E-state index in [4.69, 9.17) is 0 Å². The molecule has 0 saturated carbocycles. The van der Waals surface area contributed by atoms with Gasteiger partial charge in [-0.2, -0.15) is 0 Å². The van der Waals surface area contributed by atoms with Gasteiger partial charge in [0.05, 0.1) is 0 Å². The number of rotatable bonds is 4. The number of carbonyl (C=O) groups is 1. The van der Waals surface area contributed by atoms with Crippen LogP contribution in [0.1, 0.15) is 29.5 Å². The molecule has 2 heteroatoms. The molecule has 130 valence electrons. The zero-order valence-electron chi connectivity index (χ0n) is 15.0. The highest BCUT2D eigenvalue weighted by Gasteiger charge is 2.56. The Labute approximate surface area is 155 Å². The largest absolute Gasteiger partial charge is 0.341 e. The third-order valence-corrected chi connectivity index (χ3v) is 5.59. The molecule has 1 fully saturated rings. The lowest BCUT2D eigenvalue weighted by Gasteiger charge is -2.34. The zero-order chi connectivity index (χ0) is 18.0. The molecular weight excluding hydrogens is 318 g/mol. The van der Waals surface area contributed by atoms with Gasteiger partial charge in [0, 0.05) is 19.0 Å². The molecule has 1 atom stereocenters. The Morgan fingerprint density at radius 1 is 0.808 bits per heavy atom. The van der Waals surface area contributed by atoms with E-state index in [0.29, 0.717) is 0 Å². The molecule has 1 aliphatic heterocycles. The number of likely N-dealkylation sites (N-methyl/N-ethyl adjacent to an activating group) is 1. The molecule has 0 radical (unpaired) electrons. The molecule has 1 aliphatic rings. The van der Waals surface area contributed by atoms with E-state index in [1.807, 2.05) is 47.4 Å². The second-order valence-corrected chi connectivity index (χ2v) is 6.85. The number of hydrogen-bond acceptors (Lipinski definition) is 1. The van der Waals surface area contributed by atoms with E-state index in [-0.39, 0.29) is 11.8 Å². The minimum Gasteiger partial charge on any atom is -0.341 e. The number of nitrogens with zero attached hydrogens (tertiary/aromatic N) is 1. The summed E-state index contributed by atoms with van der Waals surface area (Å²) < 4.78 is 0. The van der Waals surface area contributed by atoms with Gasteiger partial charge in [0.25, 0.3) is 0 Å². The van der Waals surface area contributed by atoms with Crippen molar-refractivity contribution in [3.63, 3.8) is 0 Å². The summed E-state index contributed by atoms with van der Waals surface area (Å²) in [5.41, 5.74) is 2.67. The summed E-state index contributed by atoms with van der Waals surface area (Å²) in [7, 11) is 0. The number of hydrogen-bond donors (Lipinski definition) is 0. The molecule has 0 spiro atoms. The standard InChI is InChI=1S/C24H23NO/c1-2-25-18-22(19-12-6-3-7-13-19)24(23(25)26,20-14-8-4-9-15-20)21-16-10-5-11-17-21/h3-17,22H,2,18H2,1H3/t22-/m0/s1. The summed E-state index contributed by atoms with van der Waals surface area (Å²) in [5, 5.41) is 0. The van der Waals surface area contributed by atoms with Crippen molar-refractivity contribution < 1.29 is 4.79 Å². The van der Waals surface area contributed by atoms with Crippen molar-refractivity contribution in [2.24, 2.45) is 0 Å². The molecule has 26 heavy (non-hydrogen) atoms. The minimum absolute atomic E-state index is 0.0842. The monoisotopic (exact) mass is 341 g/mol. The van der Waals surface area contributed by atoms with Gasteiger partial charge in [-0.3, -0.25) is 4.79 Å². The fraction of sp³-hybridized carbons (Fsp3) is 0.208. The molecule has 2 nitrogen and oxygen atoms in total. The number of amides is 1. The van der Waals surface area contributed by atoms with E-state index in [0.717, 1.165) is 24.2 Å². The van der Waals surface area contributed by atoms with E-state index in [1.165, 1.54) is 5.56 Å². The minimum atomic E-state index is -0.681. The molecule has 1 amide bonds. The Kier molecular flexibility index (Phi) is 4.34. The lowest BCUT2D eigenvalue weighted by atomic mass is 9.65. The summed E-state index contributed by atoms with van der Waals surface area (Å²) >= 11 is 0. The highest BCUT2D eigenvalue weighted by molar-refractivity contribution is 5.96. The van der Waals surface area contributed by atoms with E-state index < -0.39 is 5.41 Å². The summed E-state index contributed by atoms with van der Waals surface area (Å²) in [6.45, 7) is 3.53. The molecule has 1 saturated heterocycles. The summed E-state index contributed by atoms with van der Waals surface area (Å²) in [6, 6.07) is 31.0. The van der Waals surface area contributed by atoms with Gasteiger partial charge in [0.2, 0.25) is 5.91 Å². The maximum atomic E-state index is 13.8. The topological polar surface area (TPSA) is 20.3 Å². The lowest BCUT2D eigenvalue weighted by Crippen LogP contribution is -2.41. The first kappa shape index (κ1) is 16.6. The van der Waals surface area contributed by atoms with Crippen molar-refractivity contribution in [1.29, 1.82) is 0 Å². The molecule has 0 N–H and O–H groups in total. The van der Waals surface area contributed by atoms with E-state index in [9.17, 15) is 4.79 Å². The highest BCUT2D eigenvalue weighted by Crippen LogP contribution is 2.50. The van der Waals surface area contributed by atoms with E-state index in [1.54, 1.807) is 0 Å². The summed E-state index contributed by atoms with van der Waals surface area (Å²) in [6.07, 6.45) is 0. The molecule has 0 aromatic heterocycles. The molecule has 0 bridgehead atoms. The van der Waals surface area contributed by atoms with Crippen LogP contribution in [-0.2, 0) is 10.2 Å². The maximum Gasteiger partial charge on any atom is 0.238 e. The Morgan fingerprint density at radius 2 is 1.27 bits per heavy atom. The van der Waals surface area contributed by atoms with Crippen molar-refractivity contribution >= 4 is 5.91 Å². The zero-order valence-corrected chi connectivity index (χ0v) is 15.0. The number of likely N-dealkylation sites (tertiary alicyclic amines) is 1. The molecule has 0 aliphatic carbocycles. The van der Waals surface area contributed by atoms with Gasteiger partial charge in [0.15, 0.2) is 0 Å². The van der Waals surface area contributed by atoms with Crippen LogP contribution in [0.15, 0.2) is 91.0 Å². The van der Waals surface area contributed by atoms with Crippen LogP contribution in [0, 0.1) is 0 Å². The quantitative estimate of drug-likeness (QED) is 0.678. The van der Waals surface area contributed by atoms with Gasteiger partial charge in [0.1, 0.15) is 5.41 Å². The number of carbonyl (C=O) groups excluding carboxylic acids is 1. The molecule has 1 heterocycles. The van der Waals surface area contributed by atoms with Crippen LogP contribution < -0.4 is 0 Å². The SMILES string of the molecule is CCN1C[C@@H](c2ccccc2)C(c2ccccc2)(c2ccccc2)C1=O. The third-order valence-electron chi connectivity index (χ3n) is 5.59. The highest BCUT2D eigenvalue weighted by atomic mass is 16.2. The van der Waals surface area contributed by atoms with E-state index >= 15 is 0 Å². The van der Waals surface area contributed by atoms with Gasteiger partial charge in [-0.15, -0.1) is 0 Å². The molecule has 0 unspecified atom stereocenters. The van der Waals surface area contributed by atoms with Crippen molar-refractivity contribution in [3.05, 3.63) is 108 Å². The third kappa shape index (κ3) is 2.45. The van der Waals surface area contributed by atoms with Crippen molar-refractivity contribution in [2.45, 2.75) is 18.3 Å². The average molecular weight is 341 g/mol. The predicted octanol–water partition coefficient (Wildman–Crippen LogP) is 4.62. The van der Waals surface area contributed by atoms with Gasteiger partial charge in [-0.05, 0) is 23.6 Å². The second-order valence-electron chi connectivity index (χ2n) is 6.85. The first-order chi connectivity index (χ1) is 12.8. The van der Waals surface area contributed by atoms with Crippen LogP contribution in [-0.4, -0.2) is 23.9 Å². The Balaban J connectivity index is 2.02. The summed E-state index contributed by atoms with van der Waals surface area (Å²) in [5.74, 6) is 0.284. The fourth-order valence-corrected chi connectivity index (χ4v) is 4.37. The Bertz CT molecular complexity index is 834. The number of benzene rings is 3. The normalized spacial score (nSPS) is 18.9. The Morgan fingerprint density at radius 3 is 1.73 bits per heavy atom. The van der Waals surface area contributed by atoms with Crippen LogP contribution in [0.3, 0.4) is 0 Å². The van der Waals surface area contributed by atoms with E-state index in [2.05, 4.69) is 55.5 Å². The van der Waals surface area contributed by atoms with Crippen molar-refractivity contribution in [2.75, 3.05) is 13.1 Å².